The largest absolute Gasteiger partial charge is 0.373 e. The predicted octanol–water partition coefficient (Wildman–Crippen LogP) is 3.90. The van der Waals surface area contributed by atoms with Crippen LogP contribution in [0.3, 0.4) is 0 Å². The average Bonchev–Trinajstić information content (AvgIpc) is 3.08. The van der Waals surface area contributed by atoms with E-state index in [9.17, 15) is 0 Å². The topological polar surface area (TPSA) is 45.7 Å². The zero-order valence-electron chi connectivity index (χ0n) is 15.4. The van der Waals surface area contributed by atoms with E-state index in [-0.39, 0.29) is 6.10 Å². The van der Waals surface area contributed by atoms with E-state index in [4.69, 9.17) is 4.74 Å². The number of nitrogens with zero attached hydrogens (tertiary/aromatic N) is 1. The van der Waals surface area contributed by atoms with E-state index in [1.165, 1.54) is 31.2 Å². The Labute approximate surface area is 147 Å². The summed E-state index contributed by atoms with van der Waals surface area (Å²) < 4.78 is 5.96. The van der Waals surface area contributed by atoms with Crippen LogP contribution in [0.5, 0.6) is 0 Å². The smallest absolute Gasteiger partial charge is 0.191 e. The Morgan fingerprint density at radius 1 is 1.29 bits per heavy atom. The lowest BCUT2D eigenvalue weighted by molar-refractivity contribution is 0.0915. The summed E-state index contributed by atoms with van der Waals surface area (Å²) in [6, 6.07) is 11.0. The van der Waals surface area contributed by atoms with E-state index in [2.05, 4.69) is 59.8 Å². The predicted molar refractivity (Wildman–Crippen MR) is 101 cm³/mol. The van der Waals surface area contributed by atoms with Crippen LogP contribution in [-0.4, -0.2) is 32.2 Å². The molecule has 134 valence electrons. The van der Waals surface area contributed by atoms with Crippen LogP contribution < -0.4 is 10.6 Å². The third-order valence-electron chi connectivity index (χ3n) is 4.72. The molecule has 3 unspecified atom stereocenters. The van der Waals surface area contributed by atoms with Gasteiger partial charge in [-0.3, -0.25) is 4.99 Å². The first-order valence-electron chi connectivity index (χ1n) is 9.38. The zero-order valence-corrected chi connectivity index (χ0v) is 15.4. The minimum absolute atomic E-state index is 0.193. The molecule has 24 heavy (non-hydrogen) atoms. The summed E-state index contributed by atoms with van der Waals surface area (Å²) in [6.45, 7) is 6.20. The van der Waals surface area contributed by atoms with Gasteiger partial charge in [-0.2, -0.15) is 0 Å². The second kappa shape index (κ2) is 10.3. The van der Waals surface area contributed by atoms with Crippen molar-refractivity contribution in [2.75, 3.05) is 20.2 Å². The van der Waals surface area contributed by atoms with Gasteiger partial charge in [0.15, 0.2) is 5.96 Å². The molecule has 1 aliphatic rings. The standard InChI is InChI=1S/C20H33N3O/c1-4-5-7-10-16(2)23-20(21-3)22-15-18-13-14-24-19(18)17-11-8-6-9-12-17/h6,8-9,11-12,16,18-19H,4-5,7,10,13-15H2,1-3H3,(H2,21,22,23). The number of hydrogen-bond acceptors (Lipinski definition) is 2. The zero-order chi connectivity index (χ0) is 17.2. The van der Waals surface area contributed by atoms with Gasteiger partial charge in [0.1, 0.15) is 0 Å². The number of aliphatic imine (C=N–C) groups is 1. The number of unbranched alkanes of at least 4 members (excludes halogenated alkanes) is 2. The molecule has 3 atom stereocenters. The molecule has 0 saturated carbocycles. The van der Waals surface area contributed by atoms with Gasteiger partial charge in [0, 0.05) is 32.2 Å². The van der Waals surface area contributed by atoms with Crippen LogP contribution >= 0.6 is 0 Å². The third-order valence-corrected chi connectivity index (χ3v) is 4.72. The normalized spacial score (nSPS) is 22.4. The van der Waals surface area contributed by atoms with Gasteiger partial charge in [0.25, 0.3) is 0 Å². The Balaban J connectivity index is 1.80. The Morgan fingerprint density at radius 2 is 2.08 bits per heavy atom. The van der Waals surface area contributed by atoms with Crippen molar-refractivity contribution in [1.29, 1.82) is 0 Å². The van der Waals surface area contributed by atoms with Gasteiger partial charge >= 0.3 is 0 Å². The van der Waals surface area contributed by atoms with Crippen molar-refractivity contribution in [2.24, 2.45) is 10.9 Å². The molecule has 4 heteroatoms. The highest BCUT2D eigenvalue weighted by atomic mass is 16.5. The maximum absolute atomic E-state index is 5.96. The van der Waals surface area contributed by atoms with Crippen LogP contribution in [0.2, 0.25) is 0 Å². The van der Waals surface area contributed by atoms with Crippen molar-refractivity contribution in [3.05, 3.63) is 35.9 Å². The van der Waals surface area contributed by atoms with Crippen molar-refractivity contribution >= 4 is 5.96 Å². The summed E-state index contributed by atoms with van der Waals surface area (Å²) >= 11 is 0. The van der Waals surface area contributed by atoms with Crippen molar-refractivity contribution in [1.82, 2.24) is 10.6 Å². The molecule has 2 rings (SSSR count). The Morgan fingerprint density at radius 3 is 2.79 bits per heavy atom. The maximum atomic E-state index is 5.96. The van der Waals surface area contributed by atoms with Crippen LogP contribution in [0.1, 0.15) is 57.6 Å². The number of nitrogens with one attached hydrogen (secondary N) is 2. The molecular weight excluding hydrogens is 298 g/mol. The lowest BCUT2D eigenvalue weighted by Gasteiger charge is -2.22. The molecule has 1 saturated heterocycles. The summed E-state index contributed by atoms with van der Waals surface area (Å²) in [5.74, 6) is 1.39. The van der Waals surface area contributed by atoms with Gasteiger partial charge in [-0.05, 0) is 25.3 Å². The molecule has 0 radical (unpaired) electrons. The first-order valence-corrected chi connectivity index (χ1v) is 9.38. The quantitative estimate of drug-likeness (QED) is 0.431. The monoisotopic (exact) mass is 331 g/mol. The van der Waals surface area contributed by atoms with Gasteiger partial charge in [-0.25, -0.2) is 0 Å². The molecule has 0 spiro atoms. The Bertz CT molecular complexity index is 489. The van der Waals surface area contributed by atoms with Crippen LogP contribution in [0.25, 0.3) is 0 Å². The van der Waals surface area contributed by atoms with Crippen molar-refractivity contribution in [2.45, 2.75) is 58.1 Å². The second-order valence-electron chi connectivity index (χ2n) is 6.75. The molecule has 0 aliphatic carbocycles. The molecule has 2 N–H and O–H groups in total. The molecular formula is C20H33N3O. The minimum Gasteiger partial charge on any atom is -0.373 e. The Kier molecular flexibility index (Phi) is 8.10. The fraction of sp³-hybridized carbons (Fsp3) is 0.650. The summed E-state index contributed by atoms with van der Waals surface area (Å²) in [7, 11) is 1.84. The van der Waals surface area contributed by atoms with E-state index in [0.717, 1.165) is 25.5 Å². The molecule has 1 aromatic rings. The summed E-state index contributed by atoms with van der Waals surface area (Å²) in [5.41, 5.74) is 1.28. The van der Waals surface area contributed by atoms with Gasteiger partial charge in [0.05, 0.1) is 6.10 Å². The fourth-order valence-electron chi connectivity index (χ4n) is 3.28. The highest BCUT2D eigenvalue weighted by Crippen LogP contribution is 2.33. The lowest BCUT2D eigenvalue weighted by Crippen LogP contribution is -2.44. The second-order valence-corrected chi connectivity index (χ2v) is 6.75. The number of benzene rings is 1. The van der Waals surface area contributed by atoms with E-state index < -0.39 is 0 Å². The van der Waals surface area contributed by atoms with E-state index >= 15 is 0 Å². The van der Waals surface area contributed by atoms with Gasteiger partial charge in [0.2, 0.25) is 0 Å². The van der Waals surface area contributed by atoms with Crippen molar-refractivity contribution < 1.29 is 4.74 Å². The van der Waals surface area contributed by atoms with Crippen LogP contribution in [0.4, 0.5) is 0 Å². The van der Waals surface area contributed by atoms with Gasteiger partial charge in [-0.1, -0.05) is 56.5 Å². The number of hydrogen-bond donors (Lipinski definition) is 2. The Hall–Kier alpha value is -1.55. The molecule has 4 nitrogen and oxygen atoms in total. The minimum atomic E-state index is 0.193. The third kappa shape index (κ3) is 5.82. The average molecular weight is 332 g/mol. The first-order chi connectivity index (χ1) is 11.7. The number of ether oxygens (including phenoxy) is 1. The van der Waals surface area contributed by atoms with E-state index in [1.807, 2.05) is 7.05 Å². The van der Waals surface area contributed by atoms with Crippen LogP contribution in [-0.2, 0) is 4.74 Å². The molecule has 1 aliphatic heterocycles. The molecule has 0 aromatic heterocycles. The molecule has 1 heterocycles. The van der Waals surface area contributed by atoms with Gasteiger partial charge < -0.3 is 15.4 Å². The number of rotatable bonds is 8. The lowest BCUT2D eigenvalue weighted by atomic mass is 9.95. The van der Waals surface area contributed by atoms with Crippen LogP contribution in [0.15, 0.2) is 35.3 Å². The maximum Gasteiger partial charge on any atom is 0.191 e. The molecule has 1 aromatic carbocycles. The number of guanidine groups is 1. The molecule has 1 fully saturated rings. The fourth-order valence-corrected chi connectivity index (χ4v) is 3.28. The summed E-state index contributed by atoms with van der Waals surface area (Å²) in [4.78, 5) is 4.37. The highest BCUT2D eigenvalue weighted by molar-refractivity contribution is 5.79. The SMILES string of the molecule is CCCCCC(C)NC(=NC)NCC1CCOC1c1ccccc1. The summed E-state index contributed by atoms with van der Waals surface area (Å²) in [6.07, 6.45) is 6.31. The summed E-state index contributed by atoms with van der Waals surface area (Å²) in [5, 5.41) is 6.99. The van der Waals surface area contributed by atoms with E-state index in [0.29, 0.717) is 12.0 Å². The van der Waals surface area contributed by atoms with Crippen LogP contribution in [0, 0.1) is 5.92 Å². The van der Waals surface area contributed by atoms with Gasteiger partial charge in [-0.15, -0.1) is 0 Å². The van der Waals surface area contributed by atoms with E-state index in [1.54, 1.807) is 0 Å². The first kappa shape index (κ1) is 18.8. The van der Waals surface area contributed by atoms with Crippen molar-refractivity contribution in [3.63, 3.8) is 0 Å². The highest BCUT2D eigenvalue weighted by Gasteiger charge is 2.29. The molecule has 0 bridgehead atoms. The van der Waals surface area contributed by atoms with Crippen molar-refractivity contribution in [3.8, 4) is 0 Å². The molecule has 0 amide bonds.